The normalized spacial score (nSPS) is 14.6. The van der Waals surface area contributed by atoms with Gasteiger partial charge in [0.2, 0.25) is 0 Å². The molecule has 3 rings (SSSR count). The minimum Gasteiger partial charge on any atom is -0.478 e. The molecule has 0 radical (unpaired) electrons. The second-order valence-corrected chi connectivity index (χ2v) is 6.17. The van der Waals surface area contributed by atoms with Crippen molar-refractivity contribution in [2.24, 2.45) is 5.92 Å². The van der Waals surface area contributed by atoms with Crippen molar-refractivity contribution in [3.05, 3.63) is 42.0 Å². The summed E-state index contributed by atoms with van der Waals surface area (Å²) in [4.78, 5) is 13.8. The molecular formula is C18H21NO2. The van der Waals surface area contributed by atoms with Crippen molar-refractivity contribution in [3.8, 4) is 0 Å². The fourth-order valence-corrected chi connectivity index (χ4v) is 2.89. The molecule has 110 valence electrons. The number of hydrogen-bond acceptors (Lipinski definition) is 2. The lowest BCUT2D eigenvalue weighted by Gasteiger charge is -2.30. The molecule has 0 heterocycles. The van der Waals surface area contributed by atoms with Gasteiger partial charge in [-0.05, 0) is 50.1 Å². The monoisotopic (exact) mass is 283 g/mol. The van der Waals surface area contributed by atoms with Crippen LogP contribution in [0.2, 0.25) is 0 Å². The molecule has 1 N–H and O–H groups in total. The lowest BCUT2D eigenvalue weighted by atomic mass is 10.0. The van der Waals surface area contributed by atoms with Crippen molar-refractivity contribution in [2.75, 3.05) is 11.4 Å². The van der Waals surface area contributed by atoms with Crippen LogP contribution in [-0.2, 0) is 0 Å². The number of fused-ring (bicyclic) bond motifs is 1. The van der Waals surface area contributed by atoms with Crippen LogP contribution in [0.3, 0.4) is 0 Å². The number of carbonyl (C=O) groups is 1. The van der Waals surface area contributed by atoms with Crippen LogP contribution in [0, 0.1) is 5.92 Å². The molecule has 0 atom stereocenters. The number of anilines is 1. The smallest absolute Gasteiger partial charge is 0.336 e. The summed E-state index contributed by atoms with van der Waals surface area (Å²) in [6, 6.07) is 11.9. The Morgan fingerprint density at radius 3 is 2.43 bits per heavy atom. The van der Waals surface area contributed by atoms with E-state index in [-0.39, 0.29) is 0 Å². The Bertz CT molecular complexity index is 674. The molecule has 0 unspecified atom stereocenters. The Balaban J connectivity index is 2.13. The maximum absolute atomic E-state index is 11.4. The number of rotatable bonds is 5. The molecule has 2 aromatic carbocycles. The molecule has 1 saturated carbocycles. The van der Waals surface area contributed by atoms with E-state index in [0.717, 1.165) is 28.9 Å². The Kier molecular flexibility index (Phi) is 3.58. The van der Waals surface area contributed by atoms with Crippen LogP contribution in [0.5, 0.6) is 0 Å². The summed E-state index contributed by atoms with van der Waals surface area (Å²) in [5.41, 5.74) is 1.53. The van der Waals surface area contributed by atoms with Crippen molar-refractivity contribution in [1.29, 1.82) is 0 Å². The Labute approximate surface area is 125 Å². The van der Waals surface area contributed by atoms with E-state index in [2.05, 4.69) is 18.7 Å². The van der Waals surface area contributed by atoms with Crippen molar-refractivity contribution < 1.29 is 9.90 Å². The molecule has 1 fully saturated rings. The molecule has 0 bridgehead atoms. The first-order valence-corrected chi connectivity index (χ1v) is 7.59. The molecule has 21 heavy (non-hydrogen) atoms. The highest BCUT2D eigenvalue weighted by Gasteiger charge is 2.26. The zero-order valence-electron chi connectivity index (χ0n) is 12.5. The minimum atomic E-state index is -0.865. The van der Waals surface area contributed by atoms with Crippen LogP contribution in [-0.4, -0.2) is 23.7 Å². The number of benzene rings is 2. The highest BCUT2D eigenvalue weighted by atomic mass is 16.4. The quantitative estimate of drug-likeness (QED) is 0.895. The number of carboxylic acid groups (broad SMARTS) is 1. The zero-order valence-corrected chi connectivity index (χ0v) is 12.5. The van der Waals surface area contributed by atoms with Crippen molar-refractivity contribution in [1.82, 2.24) is 0 Å². The van der Waals surface area contributed by atoms with Gasteiger partial charge in [0.25, 0.3) is 0 Å². The van der Waals surface area contributed by atoms with Gasteiger partial charge in [-0.15, -0.1) is 0 Å². The van der Waals surface area contributed by atoms with Crippen LogP contribution in [0.15, 0.2) is 36.4 Å². The summed E-state index contributed by atoms with van der Waals surface area (Å²) in [5, 5.41) is 11.2. The van der Waals surface area contributed by atoms with E-state index in [1.54, 1.807) is 6.07 Å². The van der Waals surface area contributed by atoms with Crippen LogP contribution >= 0.6 is 0 Å². The summed E-state index contributed by atoms with van der Waals surface area (Å²) >= 11 is 0. The molecule has 3 heteroatoms. The second-order valence-electron chi connectivity index (χ2n) is 6.17. The Morgan fingerprint density at radius 2 is 1.86 bits per heavy atom. The first-order valence-electron chi connectivity index (χ1n) is 7.59. The fourth-order valence-electron chi connectivity index (χ4n) is 2.89. The Morgan fingerprint density at radius 1 is 1.19 bits per heavy atom. The van der Waals surface area contributed by atoms with Crippen molar-refractivity contribution >= 4 is 22.4 Å². The molecule has 0 spiro atoms. The summed E-state index contributed by atoms with van der Waals surface area (Å²) in [7, 11) is 0. The van der Waals surface area contributed by atoms with E-state index in [4.69, 9.17) is 0 Å². The van der Waals surface area contributed by atoms with Crippen LogP contribution in [0.1, 0.15) is 37.0 Å². The average Bonchev–Trinajstić information content (AvgIpc) is 3.27. The number of aromatic carboxylic acids is 1. The third-order valence-electron chi connectivity index (χ3n) is 4.22. The minimum absolute atomic E-state index is 0.379. The van der Waals surface area contributed by atoms with E-state index < -0.39 is 5.97 Å². The van der Waals surface area contributed by atoms with Gasteiger partial charge >= 0.3 is 5.97 Å². The number of hydrogen-bond donors (Lipinski definition) is 1. The zero-order chi connectivity index (χ0) is 15.0. The summed E-state index contributed by atoms with van der Waals surface area (Å²) < 4.78 is 0. The predicted octanol–water partition coefficient (Wildman–Crippen LogP) is 4.16. The van der Waals surface area contributed by atoms with Gasteiger partial charge in [0, 0.05) is 23.7 Å². The van der Waals surface area contributed by atoms with E-state index in [0.29, 0.717) is 11.6 Å². The van der Waals surface area contributed by atoms with Crippen LogP contribution < -0.4 is 4.90 Å². The highest BCUT2D eigenvalue weighted by molar-refractivity contribution is 6.07. The molecule has 0 aliphatic heterocycles. The molecule has 3 nitrogen and oxygen atoms in total. The van der Waals surface area contributed by atoms with Gasteiger partial charge in [0.05, 0.1) is 5.56 Å². The van der Waals surface area contributed by atoms with E-state index in [9.17, 15) is 9.90 Å². The summed E-state index contributed by atoms with van der Waals surface area (Å²) in [6.07, 6.45) is 2.63. The Hall–Kier alpha value is -2.03. The first kappa shape index (κ1) is 13.9. The number of nitrogens with zero attached hydrogens (tertiary/aromatic N) is 1. The lowest BCUT2D eigenvalue weighted by Crippen LogP contribution is -2.32. The maximum Gasteiger partial charge on any atom is 0.336 e. The standard InChI is InChI=1S/C18H21NO2/c1-12(2)19(11-13-7-8-13)17-10-9-16(18(20)21)14-5-3-4-6-15(14)17/h3-6,9-10,12-13H,7-8,11H2,1-2H3,(H,20,21). The van der Waals surface area contributed by atoms with E-state index in [1.807, 2.05) is 30.3 Å². The van der Waals surface area contributed by atoms with E-state index in [1.165, 1.54) is 12.8 Å². The van der Waals surface area contributed by atoms with Crippen LogP contribution in [0.25, 0.3) is 10.8 Å². The molecular weight excluding hydrogens is 262 g/mol. The molecule has 0 aromatic heterocycles. The molecule has 0 saturated heterocycles. The van der Waals surface area contributed by atoms with Gasteiger partial charge in [-0.2, -0.15) is 0 Å². The highest BCUT2D eigenvalue weighted by Crippen LogP contribution is 2.36. The van der Waals surface area contributed by atoms with Gasteiger partial charge in [0.15, 0.2) is 0 Å². The third kappa shape index (κ3) is 2.73. The molecule has 0 amide bonds. The molecule has 2 aromatic rings. The molecule has 1 aliphatic carbocycles. The van der Waals surface area contributed by atoms with Crippen molar-refractivity contribution in [2.45, 2.75) is 32.7 Å². The summed E-state index contributed by atoms with van der Waals surface area (Å²) in [6.45, 7) is 5.46. The summed E-state index contributed by atoms with van der Waals surface area (Å²) in [5.74, 6) is -0.0682. The topological polar surface area (TPSA) is 40.5 Å². The van der Waals surface area contributed by atoms with Gasteiger partial charge < -0.3 is 10.0 Å². The predicted molar refractivity (Wildman–Crippen MR) is 86.1 cm³/mol. The van der Waals surface area contributed by atoms with Crippen LogP contribution in [0.4, 0.5) is 5.69 Å². The largest absolute Gasteiger partial charge is 0.478 e. The second kappa shape index (κ2) is 5.40. The fraction of sp³-hybridized carbons (Fsp3) is 0.389. The van der Waals surface area contributed by atoms with Gasteiger partial charge in [-0.1, -0.05) is 24.3 Å². The maximum atomic E-state index is 11.4. The van der Waals surface area contributed by atoms with E-state index >= 15 is 0 Å². The molecule has 1 aliphatic rings. The van der Waals surface area contributed by atoms with Gasteiger partial charge in [-0.3, -0.25) is 0 Å². The number of carboxylic acids is 1. The van der Waals surface area contributed by atoms with Gasteiger partial charge in [0.1, 0.15) is 0 Å². The SMILES string of the molecule is CC(C)N(CC1CC1)c1ccc(C(=O)O)c2ccccc12. The third-order valence-corrected chi connectivity index (χ3v) is 4.22. The first-order chi connectivity index (χ1) is 10.1. The lowest BCUT2D eigenvalue weighted by molar-refractivity contribution is 0.0699. The van der Waals surface area contributed by atoms with Gasteiger partial charge in [-0.25, -0.2) is 4.79 Å². The van der Waals surface area contributed by atoms with Crippen molar-refractivity contribution in [3.63, 3.8) is 0 Å². The average molecular weight is 283 g/mol.